The molecule has 8 heteroatoms. The molecule has 0 saturated carbocycles. The van der Waals surface area contributed by atoms with E-state index in [2.05, 4.69) is 4.72 Å². The number of rotatable bonds is 6. The number of methoxy groups -OCH3 is 1. The zero-order valence-corrected chi connectivity index (χ0v) is 17.5. The molecule has 1 N–H and O–H groups in total. The van der Waals surface area contributed by atoms with Crippen molar-refractivity contribution in [1.82, 2.24) is 13.9 Å². The van der Waals surface area contributed by atoms with Crippen LogP contribution in [-0.2, 0) is 30.5 Å². The summed E-state index contributed by atoms with van der Waals surface area (Å²) in [6.45, 7) is 3.56. The number of aryl methyl sites for hydroxylation is 3. The van der Waals surface area contributed by atoms with Gasteiger partial charge < -0.3 is 4.74 Å². The van der Waals surface area contributed by atoms with Gasteiger partial charge in [-0.05, 0) is 55.7 Å². The number of nitrogens with one attached hydrogen (secondary N) is 1. The number of fused-ring (bicyclic) bond motifs is 1. The van der Waals surface area contributed by atoms with Crippen LogP contribution in [0.15, 0.2) is 46.1 Å². The van der Waals surface area contributed by atoms with Gasteiger partial charge in [-0.15, -0.1) is 0 Å². The molecule has 1 heterocycles. The van der Waals surface area contributed by atoms with Gasteiger partial charge in [0.2, 0.25) is 10.0 Å². The summed E-state index contributed by atoms with van der Waals surface area (Å²) in [4.78, 5) is 12.3. The van der Waals surface area contributed by atoms with Crippen LogP contribution >= 0.6 is 0 Å². The Morgan fingerprint density at radius 2 is 1.64 bits per heavy atom. The molecule has 0 bridgehead atoms. The Labute approximate surface area is 164 Å². The highest BCUT2D eigenvalue weighted by atomic mass is 32.2. The summed E-state index contributed by atoms with van der Waals surface area (Å²) in [6.07, 6.45) is 0.550. The van der Waals surface area contributed by atoms with Crippen LogP contribution in [0.3, 0.4) is 0 Å². The van der Waals surface area contributed by atoms with Crippen molar-refractivity contribution < 1.29 is 13.2 Å². The molecule has 28 heavy (non-hydrogen) atoms. The number of nitrogens with zero attached hydrogens (tertiary/aromatic N) is 2. The van der Waals surface area contributed by atoms with Gasteiger partial charge in [0.05, 0.1) is 23.0 Å². The van der Waals surface area contributed by atoms with Crippen LogP contribution in [0, 0.1) is 6.92 Å². The number of imidazole rings is 1. The Balaban J connectivity index is 1.88. The second-order valence-corrected chi connectivity index (χ2v) is 8.76. The van der Waals surface area contributed by atoms with Gasteiger partial charge in [0.1, 0.15) is 5.75 Å². The van der Waals surface area contributed by atoms with Gasteiger partial charge in [-0.2, -0.15) is 0 Å². The van der Waals surface area contributed by atoms with Crippen molar-refractivity contribution in [3.8, 4) is 5.75 Å². The first-order chi connectivity index (χ1) is 13.1. The Kier molecular flexibility index (Phi) is 5.36. The van der Waals surface area contributed by atoms with E-state index in [4.69, 9.17) is 4.74 Å². The average molecular weight is 404 g/mol. The summed E-state index contributed by atoms with van der Waals surface area (Å²) in [7, 11) is 1.18. The molecule has 7 nitrogen and oxygen atoms in total. The van der Waals surface area contributed by atoms with Crippen molar-refractivity contribution in [1.29, 1.82) is 0 Å². The highest BCUT2D eigenvalue weighted by molar-refractivity contribution is 7.89. The average Bonchev–Trinajstić information content (AvgIpc) is 2.85. The van der Waals surface area contributed by atoms with Crippen LogP contribution in [0.1, 0.15) is 18.1 Å². The zero-order chi connectivity index (χ0) is 20.6. The molecule has 0 fully saturated rings. The topological polar surface area (TPSA) is 82.3 Å². The summed E-state index contributed by atoms with van der Waals surface area (Å²) < 4.78 is 36.8. The molecule has 0 aliphatic heterocycles. The normalized spacial score (nSPS) is 13.0. The maximum Gasteiger partial charge on any atom is 0.328 e. The fourth-order valence-corrected chi connectivity index (χ4v) is 4.89. The van der Waals surface area contributed by atoms with Crippen molar-refractivity contribution in [3.05, 3.63) is 58.0 Å². The van der Waals surface area contributed by atoms with E-state index in [1.807, 2.05) is 31.2 Å². The minimum absolute atomic E-state index is 0.183. The molecule has 0 amide bonds. The summed E-state index contributed by atoms with van der Waals surface area (Å²) >= 11 is 0. The molecular weight excluding hydrogens is 378 g/mol. The van der Waals surface area contributed by atoms with Gasteiger partial charge in [0.15, 0.2) is 0 Å². The predicted octanol–water partition coefficient (Wildman–Crippen LogP) is 2.10. The fraction of sp³-hybridized carbons (Fsp3) is 0.350. The lowest BCUT2D eigenvalue weighted by Crippen LogP contribution is -2.34. The van der Waals surface area contributed by atoms with Crippen LogP contribution in [0.5, 0.6) is 5.75 Å². The van der Waals surface area contributed by atoms with Gasteiger partial charge in [-0.1, -0.05) is 12.1 Å². The van der Waals surface area contributed by atoms with Crippen LogP contribution in [-0.4, -0.2) is 30.7 Å². The predicted molar refractivity (Wildman–Crippen MR) is 109 cm³/mol. The molecule has 0 saturated heterocycles. The second-order valence-electron chi connectivity index (χ2n) is 7.08. The molecular formula is C20H25N3O4S. The minimum atomic E-state index is -3.73. The minimum Gasteiger partial charge on any atom is -0.497 e. The van der Waals surface area contributed by atoms with Gasteiger partial charge in [0.25, 0.3) is 0 Å². The molecule has 3 aromatic rings. The van der Waals surface area contributed by atoms with Crippen LogP contribution < -0.4 is 15.1 Å². The molecule has 1 unspecified atom stereocenters. The molecule has 0 aliphatic carbocycles. The van der Waals surface area contributed by atoms with Gasteiger partial charge in [-0.3, -0.25) is 9.13 Å². The lowest BCUT2D eigenvalue weighted by atomic mass is 10.1. The molecule has 1 aromatic heterocycles. The van der Waals surface area contributed by atoms with Gasteiger partial charge in [-0.25, -0.2) is 17.9 Å². The largest absolute Gasteiger partial charge is 0.497 e. The maximum absolute atomic E-state index is 13.0. The molecule has 150 valence electrons. The number of hydrogen-bond donors (Lipinski definition) is 1. The van der Waals surface area contributed by atoms with Crippen LogP contribution in [0.2, 0.25) is 0 Å². The third kappa shape index (κ3) is 3.70. The van der Waals surface area contributed by atoms with Crippen LogP contribution in [0.4, 0.5) is 0 Å². The van der Waals surface area contributed by atoms with E-state index in [1.54, 1.807) is 40.3 Å². The van der Waals surface area contributed by atoms with E-state index in [0.717, 1.165) is 11.3 Å². The number of sulfonamides is 1. The Morgan fingerprint density at radius 1 is 1.07 bits per heavy atom. The smallest absolute Gasteiger partial charge is 0.328 e. The first-order valence-corrected chi connectivity index (χ1v) is 10.4. The molecule has 1 atom stereocenters. The summed E-state index contributed by atoms with van der Waals surface area (Å²) in [5.41, 5.74) is 2.70. The monoisotopic (exact) mass is 403 g/mol. The van der Waals surface area contributed by atoms with Crippen molar-refractivity contribution in [3.63, 3.8) is 0 Å². The van der Waals surface area contributed by atoms with Gasteiger partial charge >= 0.3 is 5.69 Å². The SMILES string of the molecule is COc1ccc(CC(C)NS(=O)(=O)c2cc3c(cc2C)n(C)c(=O)n3C)cc1. The zero-order valence-electron chi connectivity index (χ0n) is 16.7. The van der Waals surface area contributed by atoms with Crippen LogP contribution in [0.25, 0.3) is 11.0 Å². The van der Waals surface area contributed by atoms with E-state index in [0.29, 0.717) is 23.0 Å². The van der Waals surface area contributed by atoms with E-state index in [1.165, 1.54) is 9.13 Å². The lowest BCUT2D eigenvalue weighted by molar-refractivity contribution is 0.414. The Bertz CT molecular complexity index is 1170. The van der Waals surface area contributed by atoms with E-state index >= 15 is 0 Å². The lowest BCUT2D eigenvalue weighted by Gasteiger charge is -2.16. The number of hydrogen-bond acceptors (Lipinski definition) is 4. The fourth-order valence-electron chi connectivity index (χ4n) is 3.41. The van der Waals surface area contributed by atoms with Crippen molar-refractivity contribution in [2.24, 2.45) is 14.1 Å². The number of ether oxygens (including phenoxy) is 1. The quantitative estimate of drug-likeness (QED) is 0.683. The van der Waals surface area contributed by atoms with E-state index < -0.39 is 10.0 Å². The summed E-state index contributed by atoms with van der Waals surface area (Å²) in [6, 6.07) is 10.5. The first-order valence-electron chi connectivity index (χ1n) is 8.95. The maximum atomic E-state index is 13.0. The third-order valence-electron chi connectivity index (χ3n) is 4.92. The molecule has 2 aromatic carbocycles. The Morgan fingerprint density at radius 3 is 2.21 bits per heavy atom. The molecule has 3 rings (SSSR count). The second kappa shape index (κ2) is 7.44. The van der Waals surface area contributed by atoms with Crippen molar-refractivity contribution in [2.45, 2.75) is 31.2 Å². The summed E-state index contributed by atoms with van der Waals surface area (Å²) in [5, 5.41) is 0. The summed E-state index contributed by atoms with van der Waals surface area (Å²) in [5.74, 6) is 0.759. The van der Waals surface area contributed by atoms with Crippen molar-refractivity contribution in [2.75, 3.05) is 7.11 Å². The molecule has 0 aliphatic rings. The molecule has 0 radical (unpaired) electrons. The van der Waals surface area contributed by atoms with Gasteiger partial charge in [0, 0.05) is 20.1 Å². The number of aromatic nitrogens is 2. The van der Waals surface area contributed by atoms with Crippen molar-refractivity contribution >= 4 is 21.1 Å². The number of benzene rings is 2. The first kappa shape index (κ1) is 20.2. The highest BCUT2D eigenvalue weighted by Crippen LogP contribution is 2.23. The van der Waals surface area contributed by atoms with E-state index in [-0.39, 0.29) is 16.6 Å². The highest BCUT2D eigenvalue weighted by Gasteiger charge is 2.22. The van der Waals surface area contributed by atoms with E-state index in [9.17, 15) is 13.2 Å². The Hall–Kier alpha value is -2.58. The molecule has 0 spiro atoms. The standard InChI is InChI=1S/C20H25N3O4S/c1-13-10-17-18(23(4)20(24)22(17)3)12-19(13)28(25,26)21-14(2)11-15-6-8-16(27-5)9-7-15/h6-10,12,14,21H,11H2,1-5H3. The third-order valence-corrected chi connectivity index (χ3v) is 6.65.